The fourth-order valence-electron chi connectivity index (χ4n) is 2.12. The maximum Gasteiger partial charge on any atom is 0.331 e. The van der Waals surface area contributed by atoms with E-state index < -0.39 is 0 Å². The SMILES string of the molecule is Cn1c(=O)c2sccc2n(Cc2ccc(F)cc2)c1=O. The molecule has 0 N–H and O–H groups in total. The smallest absolute Gasteiger partial charge is 0.288 e. The molecular weight excluding hydrogens is 279 g/mol. The molecule has 0 spiro atoms. The average molecular weight is 290 g/mol. The molecule has 3 rings (SSSR count). The summed E-state index contributed by atoms with van der Waals surface area (Å²) in [5.41, 5.74) is 0.771. The number of halogens is 1. The third kappa shape index (κ3) is 1.98. The number of rotatable bonds is 2. The molecule has 0 atom stereocenters. The van der Waals surface area contributed by atoms with Crippen LogP contribution in [-0.2, 0) is 13.6 Å². The van der Waals surface area contributed by atoms with Crippen molar-refractivity contribution < 1.29 is 4.39 Å². The Morgan fingerprint density at radius 2 is 1.85 bits per heavy atom. The quantitative estimate of drug-likeness (QED) is 0.724. The second-order valence-electron chi connectivity index (χ2n) is 4.49. The van der Waals surface area contributed by atoms with Crippen molar-refractivity contribution in [2.45, 2.75) is 6.54 Å². The Morgan fingerprint density at radius 1 is 1.15 bits per heavy atom. The monoisotopic (exact) mass is 290 g/mol. The number of fused-ring (bicyclic) bond motifs is 1. The zero-order valence-corrected chi connectivity index (χ0v) is 11.5. The molecule has 0 bridgehead atoms. The lowest BCUT2D eigenvalue weighted by Gasteiger charge is -2.09. The summed E-state index contributed by atoms with van der Waals surface area (Å²) in [6, 6.07) is 7.72. The normalized spacial score (nSPS) is 11.1. The Balaban J connectivity index is 2.21. The van der Waals surface area contributed by atoms with Gasteiger partial charge in [-0.05, 0) is 29.1 Å². The lowest BCUT2D eigenvalue weighted by Crippen LogP contribution is -2.37. The van der Waals surface area contributed by atoms with Crippen molar-refractivity contribution >= 4 is 21.6 Å². The van der Waals surface area contributed by atoms with Crippen molar-refractivity contribution in [2.75, 3.05) is 0 Å². The first kappa shape index (κ1) is 12.8. The van der Waals surface area contributed by atoms with Gasteiger partial charge in [-0.25, -0.2) is 9.18 Å². The topological polar surface area (TPSA) is 44.0 Å². The zero-order chi connectivity index (χ0) is 14.3. The van der Waals surface area contributed by atoms with Crippen LogP contribution in [0, 0.1) is 5.82 Å². The summed E-state index contributed by atoms with van der Waals surface area (Å²) < 4.78 is 16.1. The molecule has 0 aliphatic rings. The predicted molar refractivity (Wildman–Crippen MR) is 76.8 cm³/mol. The van der Waals surface area contributed by atoms with Crippen LogP contribution in [0.25, 0.3) is 10.2 Å². The van der Waals surface area contributed by atoms with E-state index in [1.54, 1.807) is 23.6 Å². The van der Waals surface area contributed by atoms with E-state index in [1.807, 2.05) is 0 Å². The van der Waals surface area contributed by atoms with Crippen molar-refractivity contribution in [1.82, 2.24) is 9.13 Å². The van der Waals surface area contributed by atoms with Crippen LogP contribution in [0.2, 0.25) is 0 Å². The summed E-state index contributed by atoms with van der Waals surface area (Å²) >= 11 is 1.31. The van der Waals surface area contributed by atoms with Crippen molar-refractivity contribution in [3.8, 4) is 0 Å². The van der Waals surface area contributed by atoms with Gasteiger partial charge in [0.05, 0.1) is 12.1 Å². The molecule has 2 heterocycles. The van der Waals surface area contributed by atoms with E-state index in [9.17, 15) is 14.0 Å². The van der Waals surface area contributed by atoms with Gasteiger partial charge in [-0.3, -0.25) is 13.9 Å². The second kappa shape index (κ2) is 4.72. The van der Waals surface area contributed by atoms with Gasteiger partial charge in [-0.15, -0.1) is 11.3 Å². The maximum atomic E-state index is 12.9. The second-order valence-corrected chi connectivity index (χ2v) is 5.41. The van der Waals surface area contributed by atoms with Crippen LogP contribution in [0.1, 0.15) is 5.56 Å². The molecule has 20 heavy (non-hydrogen) atoms. The van der Waals surface area contributed by atoms with Gasteiger partial charge in [-0.2, -0.15) is 0 Å². The van der Waals surface area contributed by atoms with Crippen LogP contribution in [-0.4, -0.2) is 9.13 Å². The Labute approximate surface area is 117 Å². The van der Waals surface area contributed by atoms with Gasteiger partial charge in [0.1, 0.15) is 10.5 Å². The van der Waals surface area contributed by atoms with Gasteiger partial charge in [0.25, 0.3) is 5.56 Å². The molecule has 0 amide bonds. The molecule has 2 aromatic heterocycles. The van der Waals surface area contributed by atoms with E-state index >= 15 is 0 Å². The van der Waals surface area contributed by atoms with Crippen molar-refractivity contribution in [1.29, 1.82) is 0 Å². The molecular formula is C14H11FN2O2S. The minimum atomic E-state index is -0.370. The third-order valence-corrected chi connectivity index (χ3v) is 4.10. The summed E-state index contributed by atoms with van der Waals surface area (Å²) in [5, 5.41) is 1.78. The Morgan fingerprint density at radius 3 is 2.55 bits per heavy atom. The minimum Gasteiger partial charge on any atom is -0.288 e. The standard InChI is InChI=1S/C14H11FN2O2S/c1-16-13(18)12-11(6-7-20-12)17(14(16)19)8-9-2-4-10(15)5-3-9/h2-7H,8H2,1H3. The van der Waals surface area contributed by atoms with Crippen molar-refractivity contribution in [3.63, 3.8) is 0 Å². The molecule has 0 saturated heterocycles. The molecule has 0 aliphatic carbocycles. The molecule has 3 aromatic rings. The van der Waals surface area contributed by atoms with Crippen LogP contribution in [0.5, 0.6) is 0 Å². The maximum absolute atomic E-state index is 12.9. The van der Waals surface area contributed by atoms with E-state index in [0.29, 0.717) is 16.8 Å². The summed E-state index contributed by atoms with van der Waals surface area (Å²) in [5.74, 6) is -0.317. The van der Waals surface area contributed by atoms with Gasteiger partial charge < -0.3 is 0 Å². The molecule has 1 aromatic carbocycles. The van der Waals surface area contributed by atoms with E-state index in [0.717, 1.165) is 10.1 Å². The number of hydrogen-bond donors (Lipinski definition) is 0. The van der Waals surface area contributed by atoms with Crippen LogP contribution in [0.3, 0.4) is 0 Å². The number of hydrogen-bond acceptors (Lipinski definition) is 3. The summed E-state index contributed by atoms with van der Waals surface area (Å²) in [7, 11) is 1.46. The summed E-state index contributed by atoms with van der Waals surface area (Å²) in [6.45, 7) is 0.306. The van der Waals surface area contributed by atoms with E-state index in [-0.39, 0.29) is 17.1 Å². The molecule has 0 unspecified atom stereocenters. The molecule has 4 nitrogen and oxygen atoms in total. The van der Waals surface area contributed by atoms with Gasteiger partial charge >= 0.3 is 5.69 Å². The van der Waals surface area contributed by atoms with Gasteiger partial charge in [0, 0.05) is 7.05 Å². The Bertz CT molecular complexity index is 890. The molecule has 102 valence electrons. The lowest BCUT2D eigenvalue weighted by molar-refractivity contribution is 0.625. The lowest BCUT2D eigenvalue weighted by atomic mass is 10.2. The molecule has 0 aliphatic heterocycles. The predicted octanol–water partition coefficient (Wildman–Crippen LogP) is 1.95. The summed E-state index contributed by atoms with van der Waals surface area (Å²) in [4.78, 5) is 24.2. The average Bonchev–Trinajstić information content (AvgIpc) is 2.92. The first-order valence-corrected chi connectivity index (χ1v) is 6.87. The van der Waals surface area contributed by atoms with Crippen molar-refractivity contribution in [2.24, 2.45) is 7.05 Å². The fraction of sp³-hybridized carbons (Fsp3) is 0.143. The fourth-order valence-corrected chi connectivity index (χ4v) is 2.99. The zero-order valence-electron chi connectivity index (χ0n) is 10.7. The number of nitrogens with zero attached hydrogens (tertiary/aromatic N) is 2. The highest BCUT2D eigenvalue weighted by Crippen LogP contribution is 2.16. The van der Waals surface area contributed by atoms with Crippen molar-refractivity contribution in [3.05, 3.63) is 67.9 Å². The number of thiophene rings is 1. The highest BCUT2D eigenvalue weighted by Gasteiger charge is 2.12. The highest BCUT2D eigenvalue weighted by molar-refractivity contribution is 7.17. The Hall–Kier alpha value is -2.21. The number of benzene rings is 1. The largest absolute Gasteiger partial charge is 0.331 e. The number of aromatic nitrogens is 2. The minimum absolute atomic E-state index is 0.282. The van der Waals surface area contributed by atoms with Crippen LogP contribution >= 0.6 is 11.3 Å². The molecule has 6 heteroatoms. The van der Waals surface area contributed by atoms with E-state index in [2.05, 4.69) is 0 Å². The molecule has 0 fully saturated rings. The van der Waals surface area contributed by atoms with Crippen LogP contribution in [0.4, 0.5) is 4.39 Å². The Kier molecular flexibility index (Phi) is 3.02. The van der Waals surface area contributed by atoms with Crippen LogP contribution in [0.15, 0.2) is 45.3 Å². The molecule has 0 radical (unpaired) electrons. The van der Waals surface area contributed by atoms with Gasteiger partial charge in [0.15, 0.2) is 0 Å². The van der Waals surface area contributed by atoms with Crippen LogP contribution < -0.4 is 11.2 Å². The highest BCUT2D eigenvalue weighted by atomic mass is 32.1. The van der Waals surface area contributed by atoms with Gasteiger partial charge in [-0.1, -0.05) is 12.1 Å². The van der Waals surface area contributed by atoms with E-state index in [4.69, 9.17) is 0 Å². The molecule has 0 saturated carbocycles. The first-order chi connectivity index (χ1) is 9.58. The third-order valence-electron chi connectivity index (χ3n) is 3.21. The van der Waals surface area contributed by atoms with Gasteiger partial charge in [0.2, 0.25) is 0 Å². The summed E-state index contributed by atoms with van der Waals surface area (Å²) in [6.07, 6.45) is 0. The van der Waals surface area contributed by atoms with E-state index in [1.165, 1.54) is 35.1 Å². The first-order valence-electron chi connectivity index (χ1n) is 5.99.